The van der Waals surface area contributed by atoms with Crippen LogP contribution in [0.4, 0.5) is 0 Å². The van der Waals surface area contributed by atoms with Crippen molar-refractivity contribution in [3.63, 3.8) is 0 Å². The van der Waals surface area contributed by atoms with E-state index in [4.69, 9.17) is 28.4 Å². The molecule has 0 aliphatic carbocycles. The molecular weight excluding hydrogens is 450 g/mol. The van der Waals surface area contributed by atoms with Crippen molar-refractivity contribution in [3.05, 3.63) is 36.5 Å². The molecule has 11 heteroatoms. The van der Waals surface area contributed by atoms with Crippen molar-refractivity contribution < 1.29 is 47.6 Å². The minimum Gasteiger partial charge on any atom is -0.463 e. The Kier molecular flexibility index (Phi) is 8.00. The van der Waals surface area contributed by atoms with E-state index in [-0.39, 0.29) is 6.61 Å². The van der Waals surface area contributed by atoms with Gasteiger partial charge in [0.25, 0.3) is 0 Å². The Morgan fingerprint density at radius 1 is 0.824 bits per heavy atom. The fourth-order valence-electron chi connectivity index (χ4n) is 3.58. The fraction of sp³-hybridized carbons (Fsp3) is 0.435. The van der Waals surface area contributed by atoms with Crippen LogP contribution in [-0.2, 0) is 42.9 Å². The zero-order valence-corrected chi connectivity index (χ0v) is 19.1. The molecule has 3 rings (SSSR count). The molecular formula is C23H25NO10. The lowest BCUT2D eigenvalue weighted by atomic mass is 9.98. The van der Waals surface area contributed by atoms with Crippen LogP contribution in [-0.4, -0.2) is 66.2 Å². The van der Waals surface area contributed by atoms with Crippen molar-refractivity contribution in [3.8, 4) is 5.75 Å². The van der Waals surface area contributed by atoms with Gasteiger partial charge < -0.3 is 28.4 Å². The number of pyridine rings is 1. The van der Waals surface area contributed by atoms with Gasteiger partial charge in [0.1, 0.15) is 24.0 Å². The number of carbonyl (C=O) groups excluding carboxylic acids is 4. The second-order valence-electron chi connectivity index (χ2n) is 7.52. The lowest BCUT2D eigenvalue weighted by Gasteiger charge is -2.43. The highest BCUT2D eigenvalue weighted by Crippen LogP contribution is 2.32. The van der Waals surface area contributed by atoms with E-state index in [2.05, 4.69) is 4.98 Å². The Balaban J connectivity index is 2.03. The molecule has 1 aromatic carbocycles. The van der Waals surface area contributed by atoms with Gasteiger partial charge in [-0.25, -0.2) is 0 Å². The summed E-state index contributed by atoms with van der Waals surface area (Å²) in [6.07, 6.45) is -4.73. The highest BCUT2D eigenvalue weighted by atomic mass is 16.7. The number of hydrogen-bond donors (Lipinski definition) is 0. The SMILES string of the molecule is CC(=O)OC[C@@H]1O[C@@H](Oc2cccc3cccnc23)[C@H](OC(C)=O)[C@@H](OC(C)=O)[C@@H]1OC(C)=O. The number of nitrogens with zero attached hydrogens (tertiary/aromatic N) is 1. The molecule has 0 radical (unpaired) electrons. The zero-order chi connectivity index (χ0) is 24.8. The smallest absolute Gasteiger partial charge is 0.303 e. The third-order valence-electron chi connectivity index (χ3n) is 4.79. The van der Waals surface area contributed by atoms with Gasteiger partial charge in [-0.2, -0.15) is 0 Å². The van der Waals surface area contributed by atoms with E-state index in [1.807, 2.05) is 12.1 Å². The molecule has 1 aliphatic rings. The minimum atomic E-state index is -1.33. The molecule has 2 aromatic rings. The molecule has 0 amide bonds. The van der Waals surface area contributed by atoms with E-state index in [0.29, 0.717) is 11.3 Å². The van der Waals surface area contributed by atoms with E-state index in [1.165, 1.54) is 6.92 Å². The predicted molar refractivity (Wildman–Crippen MR) is 114 cm³/mol. The number of carbonyl (C=O) groups is 4. The summed E-state index contributed by atoms with van der Waals surface area (Å²) in [5, 5.41) is 0.783. The summed E-state index contributed by atoms with van der Waals surface area (Å²) in [7, 11) is 0. The first-order valence-corrected chi connectivity index (χ1v) is 10.5. The molecule has 182 valence electrons. The molecule has 2 heterocycles. The monoisotopic (exact) mass is 475 g/mol. The van der Waals surface area contributed by atoms with Gasteiger partial charge in [-0.3, -0.25) is 24.2 Å². The van der Waals surface area contributed by atoms with E-state index in [1.54, 1.807) is 24.4 Å². The summed E-state index contributed by atoms with van der Waals surface area (Å²) in [5.41, 5.74) is 0.512. The van der Waals surface area contributed by atoms with Crippen molar-refractivity contribution >= 4 is 34.8 Å². The van der Waals surface area contributed by atoms with E-state index in [0.717, 1.165) is 26.2 Å². The highest BCUT2D eigenvalue weighted by Gasteiger charge is 2.53. The second-order valence-corrected chi connectivity index (χ2v) is 7.52. The Labute approximate surface area is 195 Å². The van der Waals surface area contributed by atoms with Crippen LogP contribution in [0.3, 0.4) is 0 Å². The maximum Gasteiger partial charge on any atom is 0.303 e. The lowest BCUT2D eigenvalue weighted by molar-refractivity contribution is -0.288. The summed E-state index contributed by atoms with van der Waals surface area (Å²) in [6, 6.07) is 8.82. The second kappa shape index (κ2) is 10.9. The van der Waals surface area contributed by atoms with Crippen LogP contribution >= 0.6 is 0 Å². The van der Waals surface area contributed by atoms with Gasteiger partial charge in [0, 0.05) is 39.3 Å². The molecule has 0 unspecified atom stereocenters. The van der Waals surface area contributed by atoms with E-state index >= 15 is 0 Å². The molecule has 1 fully saturated rings. The zero-order valence-electron chi connectivity index (χ0n) is 19.1. The number of hydrogen-bond acceptors (Lipinski definition) is 11. The van der Waals surface area contributed by atoms with Gasteiger partial charge in [0.15, 0.2) is 12.2 Å². The van der Waals surface area contributed by atoms with Gasteiger partial charge in [-0.05, 0) is 12.1 Å². The maximum atomic E-state index is 11.9. The fourth-order valence-corrected chi connectivity index (χ4v) is 3.58. The minimum absolute atomic E-state index is 0.305. The van der Waals surface area contributed by atoms with Crippen LogP contribution < -0.4 is 4.74 Å². The highest BCUT2D eigenvalue weighted by molar-refractivity contribution is 5.84. The van der Waals surface area contributed by atoms with Crippen LogP contribution in [0.15, 0.2) is 36.5 Å². The molecule has 5 atom stereocenters. The summed E-state index contributed by atoms with van der Waals surface area (Å²) >= 11 is 0. The number of aromatic nitrogens is 1. The van der Waals surface area contributed by atoms with Gasteiger partial charge in [0.05, 0.1) is 0 Å². The predicted octanol–water partition coefficient (Wildman–Crippen LogP) is 1.70. The van der Waals surface area contributed by atoms with E-state index in [9.17, 15) is 19.2 Å². The lowest BCUT2D eigenvalue weighted by Crippen LogP contribution is -2.63. The average molecular weight is 475 g/mol. The van der Waals surface area contributed by atoms with Gasteiger partial charge in [-0.1, -0.05) is 18.2 Å². The number of ether oxygens (including phenoxy) is 6. The summed E-state index contributed by atoms with van der Waals surface area (Å²) in [6.45, 7) is 4.32. The van der Waals surface area contributed by atoms with E-state index < -0.39 is 54.6 Å². The molecule has 0 bridgehead atoms. The summed E-state index contributed by atoms with van der Waals surface area (Å²) in [4.78, 5) is 51.4. The number of para-hydroxylation sites is 1. The third-order valence-corrected chi connectivity index (χ3v) is 4.79. The Hall–Kier alpha value is -3.73. The van der Waals surface area contributed by atoms with Gasteiger partial charge >= 0.3 is 23.9 Å². The topological polar surface area (TPSA) is 137 Å². The van der Waals surface area contributed by atoms with Crippen molar-refractivity contribution in [2.45, 2.75) is 58.4 Å². The number of fused-ring (bicyclic) bond motifs is 1. The Morgan fingerprint density at radius 2 is 1.44 bits per heavy atom. The number of benzene rings is 1. The third kappa shape index (κ3) is 6.19. The molecule has 11 nitrogen and oxygen atoms in total. The van der Waals surface area contributed by atoms with Crippen molar-refractivity contribution in [1.82, 2.24) is 4.98 Å². The molecule has 34 heavy (non-hydrogen) atoms. The van der Waals surface area contributed by atoms with Crippen LogP contribution in [0.5, 0.6) is 5.75 Å². The van der Waals surface area contributed by atoms with Crippen molar-refractivity contribution in [2.24, 2.45) is 0 Å². The average Bonchev–Trinajstić information content (AvgIpc) is 2.75. The first kappa shape index (κ1) is 24.9. The molecule has 1 aliphatic heterocycles. The van der Waals surface area contributed by atoms with Crippen LogP contribution in [0, 0.1) is 0 Å². The first-order valence-electron chi connectivity index (χ1n) is 10.5. The van der Waals surface area contributed by atoms with Gasteiger partial charge in [0.2, 0.25) is 12.4 Å². The number of rotatable bonds is 7. The Morgan fingerprint density at radius 3 is 2.09 bits per heavy atom. The molecule has 0 saturated carbocycles. The summed E-state index contributed by atoms with van der Waals surface area (Å²) in [5.74, 6) is -2.45. The summed E-state index contributed by atoms with van der Waals surface area (Å²) < 4.78 is 33.2. The van der Waals surface area contributed by atoms with Crippen LogP contribution in [0.2, 0.25) is 0 Å². The largest absolute Gasteiger partial charge is 0.463 e. The van der Waals surface area contributed by atoms with Gasteiger partial charge in [-0.15, -0.1) is 0 Å². The molecule has 1 aromatic heterocycles. The number of esters is 4. The standard InChI is InChI=1S/C23H25NO10/c1-12(25)29-11-18-20(30-13(2)26)21(31-14(3)27)22(32-15(4)28)23(34-18)33-17-9-5-7-16-8-6-10-24-19(16)17/h5-10,18,20-23H,11H2,1-4H3/t18-,20+,21-,22+,23+/m0/s1. The molecule has 0 spiro atoms. The normalized spacial score (nSPS) is 24.1. The van der Waals surface area contributed by atoms with Crippen LogP contribution in [0.1, 0.15) is 27.7 Å². The molecule has 1 saturated heterocycles. The first-order chi connectivity index (χ1) is 16.2. The van der Waals surface area contributed by atoms with Crippen molar-refractivity contribution in [1.29, 1.82) is 0 Å². The quantitative estimate of drug-likeness (QED) is 0.427. The van der Waals surface area contributed by atoms with Crippen molar-refractivity contribution in [2.75, 3.05) is 6.61 Å². The van der Waals surface area contributed by atoms with Crippen LogP contribution in [0.25, 0.3) is 10.9 Å². The Bertz CT molecular complexity index is 1070. The maximum absolute atomic E-state index is 11.9. The molecule has 0 N–H and O–H groups in total.